The van der Waals surface area contributed by atoms with E-state index in [0.717, 1.165) is 4.73 Å². The summed E-state index contributed by atoms with van der Waals surface area (Å²) in [5.41, 5.74) is 0.394. The number of aromatic nitrogens is 1. The number of hydrogen-bond acceptors (Lipinski definition) is 2. The van der Waals surface area contributed by atoms with E-state index in [1.807, 2.05) is 0 Å². The van der Waals surface area contributed by atoms with Gasteiger partial charge in [-0.25, -0.2) is 4.79 Å². The largest absolute Gasteiger partial charge is 0.498 e. The molecule has 0 radical (unpaired) electrons. The van der Waals surface area contributed by atoms with Gasteiger partial charge in [0.05, 0.1) is 0 Å². The summed E-state index contributed by atoms with van der Waals surface area (Å²) in [7, 11) is 0. The Morgan fingerprint density at radius 2 is 2.07 bits per heavy atom. The topological polar surface area (TPSA) is 30.2 Å². The third kappa shape index (κ3) is 2.45. The first kappa shape index (κ1) is 10.5. The Kier molecular flexibility index (Phi) is 2.73. The molecule has 0 spiro atoms. The van der Waals surface area contributed by atoms with E-state index in [1.54, 1.807) is 6.07 Å². The number of pyridine rings is 1. The van der Waals surface area contributed by atoms with Gasteiger partial charge in [0.15, 0.2) is 0 Å². The molecular weight excluding hydrogens is 199 g/mol. The number of halogens is 3. The van der Waals surface area contributed by atoms with Crippen molar-refractivity contribution in [2.24, 2.45) is 0 Å². The van der Waals surface area contributed by atoms with Gasteiger partial charge in [-0.2, -0.15) is 18.0 Å². The van der Waals surface area contributed by atoms with Gasteiger partial charge in [-0.05, 0) is 6.07 Å². The summed E-state index contributed by atoms with van der Waals surface area (Å²) in [4.78, 5) is 14.5. The summed E-state index contributed by atoms with van der Waals surface area (Å²) in [6.07, 6.45) is -3.76. The molecule has 0 aliphatic rings. The zero-order valence-corrected chi connectivity index (χ0v) is 7.21. The molecule has 0 saturated carbocycles. The first-order valence-electron chi connectivity index (χ1n) is 3.68. The van der Waals surface area contributed by atoms with E-state index in [-0.39, 0.29) is 0 Å². The highest BCUT2D eigenvalue weighted by Gasteiger charge is 2.44. The number of carbonyl (C=O) groups excluding carboxylic acids is 1. The number of nitrogens with zero attached hydrogens (tertiary/aromatic N) is 1. The average molecular weight is 206 g/mol. The van der Waals surface area contributed by atoms with Crippen LogP contribution in [0.3, 0.4) is 0 Å². The third-order valence-corrected chi connectivity index (χ3v) is 1.43. The van der Waals surface area contributed by atoms with Gasteiger partial charge < -0.3 is 0 Å². The van der Waals surface area contributed by atoms with Crippen molar-refractivity contribution in [2.75, 3.05) is 0 Å². The zero-order valence-electron chi connectivity index (χ0n) is 7.21. The third-order valence-electron chi connectivity index (χ3n) is 1.43. The van der Waals surface area contributed by atoms with Crippen LogP contribution in [0, 0.1) is 6.92 Å². The molecule has 0 aliphatic heterocycles. The first-order valence-corrected chi connectivity index (χ1v) is 3.68. The van der Waals surface area contributed by atoms with Gasteiger partial charge in [0.25, 0.3) is 0 Å². The second-order valence-electron chi connectivity index (χ2n) is 2.54. The minimum Gasteiger partial charge on any atom is -0.234 e. The molecule has 0 aliphatic carbocycles. The SMILES string of the molecule is Cc1cccc[n+]1OC(=O)C(F)(F)F. The second-order valence-corrected chi connectivity index (χ2v) is 2.54. The molecule has 0 saturated heterocycles. The highest BCUT2D eigenvalue weighted by atomic mass is 19.4. The second kappa shape index (κ2) is 3.65. The lowest BCUT2D eigenvalue weighted by Crippen LogP contribution is -2.51. The molecule has 1 aromatic rings. The van der Waals surface area contributed by atoms with E-state index in [2.05, 4.69) is 4.84 Å². The van der Waals surface area contributed by atoms with Gasteiger partial charge in [-0.15, -0.1) is 0 Å². The highest BCUT2D eigenvalue weighted by Crippen LogP contribution is 2.14. The fraction of sp³-hybridized carbons (Fsp3) is 0.250. The highest BCUT2D eigenvalue weighted by molar-refractivity contribution is 5.75. The standard InChI is InChI=1S/C8H7F3NO2/c1-6-4-2-3-5-12(6)14-7(13)8(9,10)11/h2-5H,1H3/q+1. The summed E-state index contributed by atoms with van der Waals surface area (Å²) in [5.74, 6) is -2.24. The van der Waals surface area contributed by atoms with E-state index in [1.165, 1.54) is 25.3 Å². The maximum absolute atomic E-state index is 11.8. The molecule has 0 atom stereocenters. The molecule has 1 rings (SSSR count). The minimum absolute atomic E-state index is 0.394. The quantitative estimate of drug-likeness (QED) is 0.636. The van der Waals surface area contributed by atoms with Crippen molar-refractivity contribution < 1.29 is 27.5 Å². The fourth-order valence-corrected chi connectivity index (χ4v) is 0.757. The van der Waals surface area contributed by atoms with Crippen LogP contribution in [-0.2, 0) is 4.79 Å². The Labute approximate surface area is 77.7 Å². The van der Waals surface area contributed by atoms with Gasteiger partial charge in [0.2, 0.25) is 11.9 Å². The normalized spacial score (nSPS) is 11.1. The van der Waals surface area contributed by atoms with Crippen molar-refractivity contribution in [3.05, 3.63) is 30.1 Å². The van der Waals surface area contributed by atoms with Crippen LogP contribution in [0.1, 0.15) is 5.69 Å². The van der Waals surface area contributed by atoms with E-state index in [0.29, 0.717) is 5.69 Å². The Balaban J connectivity index is 2.80. The average Bonchev–Trinajstić information content (AvgIpc) is 2.07. The van der Waals surface area contributed by atoms with E-state index in [9.17, 15) is 18.0 Å². The van der Waals surface area contributed by atoms with Crippen LogP contribution in [0.2, 0.25) is 0 Å². The van der Waals surface area contributed by atoms with Crippen molar-refractivity contribution in [1.82, 2.24) is 0 Å². The molecule has 0 bridgehead atoms. The van der Waals surface area contributed by atoms with Crippen LogP contribution >= 0.6 is 0 Å². The van der Waals surface area contributed by atoms with Crippen LogP contribution in [-0.4, -0.2) is 12.1 Å². The smallest absolute Gasteiger partial charge is 0.234 e. The maximum atomic E-state index is 11.8. The van der Waals surface area contributed by atoms with Crippen molar-refractivity contribution in [3.8, 4) is 0 Å². The first-order chi connectivity index (χ1) is 6.41. The van der Waals surface area contributed by atoms with Gasteiger partial charge in [0.1, 0.15) is 0 Å². The van der Waals surface area contributed by atoms with Crippen molar-refractivity contribution >= 4 is 5.97 Å². The number of alkyl halides is 3. The molecule has 14 heavy (non-hydrogen) atoms. The van der Waals surface area contributed by atoms with Crippen LogP contribution < -0.4 is 9.57 Å². The molecule has 0 amide bonds. The van der Waals surface area contributed by atoms with Crippen LogP contribution in [0.15, 0.2) is 24.4 Å². The Morgan fingerprint density at radius 1 is 1.43 bits per heavy atom. The van der Waals surface area contributed by atoms with Gasteiger partial charge in [-0.1, -0.05) is 0 Å². The molecule has 1 heterocycles. The number of rotatable bonds is 1. The lowest BCUT2D eigenvalue weighted by molar-refractivity contribution is -0.875. The van der Waals surface area contributed by atoms with Crippen LogP contribution in [0.4, 0.5) is 13.2 Å². The summed E-state index contributed by atoms with van der Waals surface area (Å²) >= 11 is 0. The number of hydrogen-bond donors (Lipinski definition) is 0. The molecule has 1 aromatic heterocycles. The molecule has 0 aromatic carbocycles. The molecule has 0 unspecified atom stereocenters. The molecule has 6 heteroatoms. The summed E-state index contributed by atoms with van der Waals surface area (Å²) in [6.45, 7) is 1.52. The van der Waals surface area contributed by atoms with Crippen LogP contribution in [0.25, 0.3) is 0 Å². The molecular formula is C8H7F3NO2+. The van der Waals surface area contributed by atoms with Gasteiger partial charge >= 0.3 is 12.1 Å². The van der Waals surface area contributed by atoms with Crippen LogP contribution in [0.5, 0.6) is 0 Å². The fourth-order valence-electron chi connectivity index (χ4n) is 0.757. The van der Waals surface area contributed by atoms with E-state index in [4.69, 9.17) is 0 Å². The lowest BCUT2D eigenvalue weighted by atomic mass is 10.4. The van der Waals surface area contributed by atoms with E-state index < -0.39 is 12.1 Å². The summed E-state index contributed by atoms with van der Waals surface area (Å²) in [6, 6.07) is 4.59. The zero-order chi connectivity index (χ0) is 10.8. The number of carbonyl (C=O) groups is 1. The predicted molar refractivity (Wildman–Crippen MR) is 39.0 cm³/mol. The Hall–Kier alpha value is -1.59. The molecule has 3 nitrogen and oxygen atoms in total. The lowest BCUT2D eigenvalue weighted by Gasteiger charge is -2.01. The molecule has 76 valence electrons. The Bertz CT molecular complexity index is 349. The van der Waals surface area contributed by atoms with Crippen molar-refractivity contribution in [1.29, 1.82) is 0 Å². The van der Waals surface area contributed by atoms with Crippen molar-refractivity contribution in [2.45, 2.75) is 13.1 Å². The Morgan fingerprint density at radius 3 is 2.57 bits per heavy atom. The minimum atomic E-state index is -4.98. The molecule has 0 fully saturated rings. The summed E-state index contributed by atoms with van der Waals surface area (Å²) < 4.78 is 36.1. The van der Waals surface area contributed by atoms with E-state index >= 15 is 0 Å². The van der Waals surface area contributed by atoms with Crippen molar-refractivity contribution in [3.63, 3.8) is 0 Å². The molecule has 0 N–H and O–H groups in total. The predicted octanol–water partition coefficient (Wildman–Crippen LogP) is 0.800. The number of aryl methyl sites for hydroxylation is 1. The van der Waals surface area contributed by atoms with Gasteiger partial charge in [0, 0.05) is 23.8 Å². The summed E-state index contributed by atoms with van der Waals surface area (Å²) in [5, 5.41) is 0. The van der Waals surface area contributed by atoms with Gasteiger partial charge in [-0.3, -0.25) is 0 Å². The maximum Gasteiger partial charge on any atom is 0.498 e. The monoisotopic (exact) mass is 206 g/mol.